The van der Waals surface area contributed by atoms with Crippen LogP contribution in [-0.2, 0) is 14.8 Å². The van der Waals surface area contributed by atoms with Crippen molar-refractivity contribution in [2.24, 2.45) is 0 Å². The lowest BCUT2D eigenvalue weighted by Crippen LogP contribution is -2.62. The predicted octanol–water partition coefficient (Wildman–Crippen LogP) is 1.50. The van der Waals surface area contributed by atoms with Crippen LogP contribution in [0.25, 0.3) is 16.3 Å². The van der Waals surface area contributed by atoms with Crippen LogP contribution in [0.5, 0.6) is 0 Å². The van der Waals surface area contributed by atoms with Crippen molar-refractivity contribution in [1.82, 2.24) is 29.2 Å². The number of nitrogens with one attached hydrogen (secondary N) is 1. The summed E-state index contributed by atoms with van der Waals surface area (Å²) in [5, 5.41) is 17.0. The second-order valence-corrected chi connectivity index (χ2v) is 12.6. The molecule has 1 saturated carbocycles. The number of hydrogen-bond acceptors (Lipinski definition) is 10. The van der Waals surface area contributed by atoms with Crippen LogP contribution in [0.3, 0.4) is 0 Å². The van der Waals surface area contributed by atoms with Crippen LogP contribution < -0.4 is 9.62 Å². The number of nitrogens with zero attached hydrogens (tertiary/aromatic N) is 6. The lowest BCUT2D eigenvalue weighted by Gasteiger charge is -2.47. The quantitative estimate of drug-likeness (QED) is 0.446. The van der Waals surface area contributed by atoms with E-state index in [2.05, 4.69) is 29.7 Å². The number of hydrogen-bond donors (Lipinski definition) is 2. The predicted molar refractivity (Wildman–Crippen MR) is 131 cm³/mol. The maximum Gasteiger partial charge on any atom is 0.291 e. The molecule has 0 spiro atoms. The average molecular weight is 556 g/mol. The Bertz CT molecular complexity index is 1420. The summed E-state index contributed by atoms with van der Waals surface area (Å²) in [4.78, 5) is 8.82. The molecule has 11 nitrogen and oxygen atoms in total. The first-order valence-electron chi connectivity index (χ1n) is 12.1. The van der Waals surface area contributed by atoms with Gasteiger partial charge in [-0.2, -0.15) is 0 Å². The van der Waals surface area contributed by atoms with Crippen molar-refractivity contribution in [1.29, 1.82) is 0 Å². The number of piperazine rings is 1. The second-order valence-electron chi connectivity index (χ2n) is 9.95. The van der Waals surface area contributed by atoms with Crippen molar-refractivity contribution in [3.05, 3.63) is 23.5 Å². The van der Waals surface area contributed by atoms with E-state index in [1.54, 1.807) is 16.7 Å². The Morgan fingerprint density at radius 3 is 2.81 bits per heavy atom. The molecular formula is C22H27F2N7O4S2. The third-order valence-electron chi connectivity index (χ3n) is 7.30. The van der Waals surface area contributed by atoms with E-state index >= 15 is 0 Å². The zero-order valence-electron chi connectivity index (χ0n) is 20.0. The molecule has 0 unspecified atom stereocenters. The number of alkyl halides is 2. The normalized spacial score (nSPS) is 24.1. The molecule has 0 aromatic carbocycles. The number of morpholine rings is 1. The Morgan fingerprint density at radius 1 is 1.30 bits per heavy atom. The molecule has 3 fully saturated rings. The van der Waals surface area contributed by atoms with Crippen LogP contribution in [-0.4, -0.2) is 95.1 Å². The second kappa shape index (κ2) is 9.17. The van der Waals surface area contributed by atoms with Gasteiger partial charge >= 0.3 is 0 Å². The summed E-state index contributed by atoms with van der Waals surface area (Å²) >= 11 is 0.721. The minimum absolute atomic E-state index is 0.0435. The zero-order chi connectivity index (χ0) is 25.9. The highest BCUT2D eigenvalue weighted by Gasteiger charge is 2.42. The zero-order valence-corrected chi connectivity index (χ0v) is 21.7. The van der Waals surface area contributed by atoms with Crippen molar-refractivity contribution in [2.45, 2.75) is 48.8 Å². The van der Waals surface area contributed by atoms with E-state index in [1.165, 1.54) is 6.20 Å². The Hall–Kier alpha value is -2.30. The fourth-order valence-corrected chi connectivity index (χ4v) is 7.18. The number of rotatable bonds is 7. The summed E-state index contributed by atoms with van der Waals surface area (Å²) in [6.07, 6.45) is 1.45. The molecule has 200 valence electrons. The summed E-state index contributed by atoms with van der Waals surface area (Å²) < 4.78 is 63.3. The van der Waals surface area contributed by atoms with Gasteiger partial charge in [-0.3, -0.25) is 9.30 Å². The molecule has 5 heterocycles. The summed E-state index contributed by atoms with van der Waals surface area (Å²) in [6.45, 7) is 4.94. The highest BCUT2D eigenvalue weighted by molar-refractivity contribution is 7.89. The maximum absolute atomic E-state index is 13.4. The molecule has 0 radical (unpaired) electrons. The topological polar surface area (TPSA) is 125 Å². The molecule has 2 N–H and O–H groups in total. The Morgan fingerprint density at radius 2 is 2.11 bits per heavy atom. The van der Waals surface area contributed by atoms with Crippen molar-refractivity contribution in [2.75, 3.05) is 44.3 Å². The molecule has 3 aliphatic rings. The van der Waals surface area contributed by atoms with E-state index in [1.807, 2.05) is 6.92 Å². The highest BCUT2D eigenvalue weighted by atomic mass is 32.2. The number of ether oxygens (including phenoxy) is 1. The first kappa shape index (κ1) is 25.0. The molecule has 2 aliphatic heterocycles. The monoisotopic (exact) mass is 555 g/mol. The van der Waals surface area contributed by atoms with Crippen LogP contribution in [0.1, 0.15) is 31.2 Å². The van der Waals surface area contributed by atoms with Gasteiger partial charge in [-0.05, 0) is 25.8 Å². The molecular weight excluding hydrogens is 528 g/mol. The van der Waals surface area contributed by atoms with E-state index in [4.69, 9.17) is 4.74 Å². The average Bonchev–Trinajstić information content (AvgIpc) is 3.25. The minimum Gasteiger partial charge on any atom is -0.394 e. The Balaban J connectivity index is 1.45. The fraction of sp³-hybridized carbons (Fsp3) is 0.591. The van der Waals surface area contributed by atoms with Gasteiger partial charge in [-0.15, -0.1) is 10.2 Å². The number of fused-ring (bicyclic) bond motifs is 2. The molecule has 0 bridgehead atoms. The lowest BCUT2D eigenvalue weighted by molar-refractivity contribution is -0.0934. The van der Waals surface area contributed by atoms with E-state index in [9.17, 15) is 22.3 Å². The summed E-state index contributed by atoms with van der Waals surface area (Å²) in [6, 6.07) is 1.57. The third kappa shape index (κ3) is 4.61. The molecule has 2 atom stereocenters. The molecule has 6 rings (SSSR count). The number of pyridine rings is 1. The number of aliphatic hydroxyl groups is 1. The number of imidazole rings is 1. The van der Waals surface area contributed by atoms with Gasteiger partial charge < -0.3 is 14.7 Å². The number of halogens is 2. The molecule has 3 aromatic heterocycles. The highest BCUT2D eigenvalue weighted by Crippen LogP contribution is 2.38. The standard InChI is InChI=1S/C22H27F2N7O4S2/c1-22(2-3-22)28-37(33,34)13-8-14(30-5-4-29-6-7-35-17(12-32)16(29)11-30)15-9-25-19(31(15)10-13)21-27-26-20(36-21)18(23)24/h8-10,16-18,28,32H,2-7,11-12H2,1H3/t16-,17-/m1/s1. The Labute approximate surface area is 216 Å². The number of aliphatic hydroxyl groups excluding tert-OH is 1. The van der Waals surface area contributed by atoms with E-state index in [0.717, 1.165) is 37.3 Å². The smallest absolute Gasteiger partial charge is 0.291 e. The van der Waals surface area contributed by atoms with Gasteiger partial charge in [-0.25, -0.2) is 26.9 Å². The maximum atomic E-state index is 13.4. The van der Waals surface area contributed by atoms with Crippen LogP contribution in [0, 0.1) is 0 Å². The lowest BCUT2D eigenvalue weighted by atomic mass is 10.0. The van der Waals surface area contributed by atoms with Crippen LogP contribution >= 0.6 is 11.3 Å². The summed E-state index contributed by atoms with van der Waals surface area (Å²) in [5.41, 5.74) is 0.783. The van der Waals surface area contributed by atoms with Gasteiger partial charge in [0.25, 0.3) is 6.43 Å². The van der Waals surface area contributed by atoms with Crippen LogP contribution in [0.15, 0.2) is 23.4 Å². The SMILES string of the molecule is CC1(NS(=O)(=O)c2cc(N3CCN4CCO[C@H](CO)[C@H]4C3)c3cnc(-c4nnc(C(F)F)s4)n3c2)CC1. The summed E-state index contributed by atoms with van der Waals surface area (Å²) in [7, 11) is -3.88. The van der Waals surface area contributed by atoms with E-state index in [0.29, 0.717) is 30.9 Å². The van der Waals surface area contributed by atoms with E-state index < -0.39 is 27.0 Å². The minimum atomic E-state index is -3.88. The Kier molecular flexibility index (Phi) is 6.19. The van der Waals surface area contributed by atoms with Gasteiger partial charge in [0.15, 0.2) is 15.8 Å². The molecule has 37 heavy (non-hydrogen) atoms. The largest absolute Gasteiger partial charge is 0.394 e. The van der Waals surface area contributed by atoms with Crippen molar-refractivity contribution >= 4 is 32.6 Å². The number of sulfonamides is 1. The molecule has 1 aliphatic carbocycles. The first-order valence-corrected chi connectivity index (χ1v) is 14.4. The molecule has 15 heteroatoms. The van der Waals surface area contributed by atoms with Gasteiger partial charge in [0, 0.05) is 37.9 Å². The van der Waals surface area contributed by atoms with Gasteiger partial charge in [-0.1, -0.05) is 11.3 Å². The third-order valence-corrected chi connectivity index (χ3v) is 9.83. The van der Waals surface area contributed by atoms with Crippen molar-refractivity contribution in [3.8, 4) is 10.8 Å². The van der Waals surface area contributed by atoms with E-state index in [-0.39, 0.29) is 34.5 Å². The summed E-state index contributed by atoms with van der Waals surface area (Å²) in [5.74, 6) is 0.239. The first-order chi connectivity index (χ1) is 17.7. The van der Waals surface area contributed by atoms with Crippen molar-refractivity contribution < 1.29 is 27.0 Å². The number of aromatic nitrogens is 4. The molecule has 2 saturated heterocycles. The van der Waals surface area contributed by atoms with Gasteiger partial charge in [0.05, 0.1) is 42.8 Å². The fourth-order valence-electron chi connectivity index (χ4n) is 5.00. The van der Waals surface area contributed by atoms with Gasteiger partial charge in [0.1, 0.15) is 4.90 Å². The molecule has 0 amide bonds. The van der Waals surface area contributed by atoms with Gasteiger partial charge in [0.2, 0.25) is 10.0 Å². The number of anilines is 1. The van der Waals surface area contributed by atoms with Crippen LogP contribution in [0.4, 0.5) is 14.5 Å². The van der Waals surface area contributed by atoms with Crippen LogP contribution in [0.2, 0.25) is 0 Å². The van der Waals surface area contributed by atoms with Crippen molar-refractivity contribution in [3.63, 3.8) is 0 Å². The molecule has 3 aromatic rings.